The van der Waals surface area contributed by atoms with Crippen LogP contribution in [0.4, 0.5) is 0 Å². The van der Waals surface area contributed by atoms with Crippen LogP contribution in [0.1, 0.15) is 33.4 Å². The summed E-state index contributed by atoms with van der Waals surface area (Å²) in [4.78, 5) is 4.51. The minimum Gasteiger partial charge on any atom is -0.264 e. The maximum Gasteiger partial charge on any atom is 0.0726 e. The summed E-state index contributed by atoms with van der Waals surface area (Å²) < 4.78 is 0. The van der Waals surface area contributed by atoms with Crippen molar-refractivity contribution < 1.29 is 0 Å². The molecule has 1 aromatic heterocycles. The highest BCUT2D eigenvalue weighted by molar-refractivity contribution is 5.96. The lowest BCUT2D eigenvalue weighted by molar-refractivity contribution is 0.791. The average Bonchev–Trinajstić information content (AvgIpc) is 3.46. The van der Waals surface area contributed by atoms with Gasteiger partial charge in [0.15, 0.2) is 0 Å². The molecule has 1 unspecified atom stereocenters. The van der Waals surface area contributed by atoms with Crippen molar-refractivity contribution in [1.82, 2.24) is 4.98 Å². The first-order valence-corrected chi connectivity index (χ1v) is 11.3. The molecule has 148 valence electrons. The SMILES string of the molecule is c1ccc2c(c1)Cc1cc3c(cc1-2)-c1ccccc1C31c2ccccc2-c2cnccc21. The number of fused-ring (bicyclic) bond motifs is 13. The molecule has 0 saturated carbocycles. The van der Waals surface area contributed by atoms with Gasteiger partial charge in [0, 0.05) is 18.0 Å². The number of nitrogens with zero attached hydrogens (tertiary/aromatic N) is 1. The van der Waals surface area contributed by atoms with Gasteiger partial charge in [-0.25, -0.2) is 0 Å². The van der Waals surface area contributed by atoms with E-state index in [4.69, 9.17) is 0 Å². The van der Waals surface area contributed by atoms with Crippen LogP contribution in [0, 0.1) is 0 Å². The fraction of sp³-hybridized carbons (Fsp3) is 0.0645. The molecule has 3 aliphatic carbocycles. The van der Waals surface area contributed by atoms with Crippen LogP contribution >= 0.6 is 0 Å². The number of pyridine rings is 1. The number of hydrogen-bond acceptors (Lipinski definition) is 1. The molecule has 4 aromatic carbocycles. The zero-order valence-corrected chi connectivity index (χ0v) is 17.5. The molecular weight excluding hydrogens is 386 g/mol. The number of rotatable bonds is 0. The van der Waals surface area contributed by atoms with Crippen molar-refractivity contribution in [3.63, 3.8) is 0 Å². The molecule has 1 atom stereocenters. The summed E-state index contributed by atoms with van der Waals surface area (Å²) in [5.41, 5.74) is 16.2. The fourth-order valence-corrected chi connectivity index (χ4v) is 6.61. The van der Waals surface area contributed by atoms with E-state index in [0.717, 1.165) is 6.42 Å². The van der Waals surface area contributed by atoms with Crippen molar-refractivity contribution in [1.29, 1.82) is 0 Å². The normalized spacial score (nSPS) is 18.0. The van der Waals surface area contributed by atoms with E-state index in [1.165, 1.54) is 66.8 Å². The van der Waals surface area contributed by atoms with Crippen LogP contribution in [0.2, 0.25) is 0 Å². The van der Waals surface area contributed by atoms with Crippen LogP contribution in [0.15, 0.2) is 103 Å². The predicted octanol–water partition coefficient (Wildman–Crippen LogP) is 7.00. The molecule has 8 rings (SSSR count). The standard InChI is InChI=1S/C31H19N/c1-2-8-21-19(7-1)15-20-16-30-25(17-24(20)21)22-9-3-5-11-27(22)31(30)28-12-6-4-10-23(28)26-18-32-14-13-29(26)31/h1-14,16-18H,15H2. The molecule has 0 amide bonds. The van der Waals surface area contributed by atoms with Crippen molar-refractivity contribution in [2.24, 2.45) is 0 Å². The molecular formula is C31H19N. The highest BCUT2D eigenvalue weighted by Crippen LogP contribution is 2.63. The first-order chi connectivity index (χ1) is 15.9. The molecule has 0 saturated heterocycles. The molecule has 1 spiro atoms. The van der Waals surface area contributed by atoms with E-state index in [9.17, 15) is 0 Å². The third-order valence-electron chi connectivity index (χ3n) is 7.80. The van der Waals surface area contributed by atoms with E-state index in [1.54, 1.807) is 0 Å². The molecule has 5 aromatic rings. The van der Waals surface area contributed by atoms with Crippen LogP contribution in [0.5, 0.6) is 0 Å². The smallest absolute Gasteiger partial charge is 0.0726 e. The maximum absolute atomic E-state index is 4.51. The zero-order valence-electron chi connectivity index (χ0n) is 17.5. The number of aromatic nitrogens is 1. The van der Waals surface area contributed by atoms with Crippen LogP contribution in [-0.4, -0.2) is 4.98 Å². The molecule has 3 aliphatic rings. The van der Waals surface area contributed by atoms with Gasteiger partial charge in [0.2, 0.25) is 0 Å². The lowest BCUT2D eigenvalue weighted by atomic mass is 9.70. The summed E-state index contributed by atoms with van der Waals surface area (Å²) in [6.45, 7) is 0. The Hall–Kier alpha value is -3.97. The maximum atomic E-state index is 4.51. The van der Waals surface area contributed by atoms with Gasteiger partial charge in [-0.15, -0.1) is 0 Å². The summed E-state index contributed by atoms with van der Waals surface area (Å²) in [6, 6.07) is 34.0. The van der Waals surface area contributed by atoms with Gasteiger partial charge >= 0.3 is 0 Å². The quantitative estimate of drug-likeness (QED) is 0.265. The van der Waals surface area contributed by atoms with Crippen LogP contribution in [0.25, 0.3) is 33.4 Å². The third-order valence-corrected chi connectivity index (χ3v) is 7.80. The van der Waals surface area contributed by atoms with Gasteiger partial charge in [0.25, 0.3) is 0 Å². The average molecular weight is 406 g/mol. The van der Waals surface area contributed by atoms with E-state index in [2.05, 4.69) is 96.0 Å². The largest absolute Gasteiger partial charge is 0.264 e. The Morgan fingerprint density at radius 1 is 0.500 bits per heavy atom. The first kappa shape index (κ1) is 16.7. The monoisotopic (exact) mass is 405 g/mol. The third kappa shape index (κ3) is 1.77. The zero-order chi connectivity index (χ0) is 20.9. The van der Waals surface area contributed by atoms with Gasteiger partial charge in [-0.05, 0) is 79.8 Å². The molecule has 0 radical (unpaired) electrons. The summed E-state index contributed by atoms with van der Waals surface area (Å²) in [5.74, 6) is 0. The molecule has 0 bridgehead atoms. The van der Waals surface area contributed by atoms with Gasteiger partial charge in [0.1, 0.15) is 0 Å². The molecule has 0 aliphatic heterocycles. The van der Waals surface area contributed by atoms with Gasteiger partial charge in [-0.3, -0.25) is 4.98 Å². The molecule has 1 heteroatoms. The van der Waals surface area contributed by atoms with E-state index in [1.807, 2.05) is 12.4 Å². The first-order valence-electron chi connectivity index (χ1n) is 11.3. The lowest BCUT2D eigenvalue weighted by Gasteiger charge is -2.30. The Morgan fingerprint density at radius 2 is 1.16 bits per heavy atom. The highest BCUT2D eigenvalue weighted by Gasteiger charge is 2.52. The number of benzene rings is 4. The second-order valence-electron chi connectivity index (χ2n) is 9.15. The highest BCUT2D eigenvalue weighted by atomic mass is 14.6. The van der Waals surface area contributed by atoms with Crippen molar-refractivity contribution in [3.8, 4) is 33.4 Å². The Kier molecular flexibility index (Phi) is 2.94. The fourth-order valence-electron chi connectivity index (χ4n) is 6.61. The summed E-state index contributed by atoms with van der Waals surface area (Å²) in [6.07, 6.45) is 5.01. The number of hydrogen-bond donors (Lipinski definition) is 0. The van der Waals surface area contributed by atoms with Gasteiger partial charge in [-0.2, -0.15) is 0 Å². The molecule has 1 nitrogen and oxygen atoms in total. The van der Waals surface area contributed by atoms with E-state index in [0.29, 0.717) is 0 Å². The molecule has 0 fully saturated rings. The second kappa shape index (κ2) is 5.63. The van der Waals surface area contributed by atoms with Gasteiger partial charge in [-0.1, -0.05) is 78.9 Å². The summed E-state index contributed by atoms with van der Waals surface area (Å²) in [7, 11) is 0. The van der Waals surface area contributed by atoms with Crippen molar-refractivity contribution in [2.45, 2.75) is 11.8 Å². The minimum atomic E-state index is -0.273. The van der Waals surface area contributed by atoms with E-state index in [-0.39, 0.29) is 5.41 Å². The van der Waals surface area contributed by atoms with Gasteiger partial charge in [0.05, 0.1) is 5.41 Å². The molecule has 0 N–H and O–H groups in total. The summed E-state index contributed by atoms with van der Waals surface area (Å²) >= 11 is 0. The van der Waals surface area contributed by atoms with E-state index < -0.39 is 0 Å². The lowest BCUT2D eigenvalue weighted by Crippen LogP contribution is -2.26. The van der Waals surface area contributed by atoms with Crippen LogP contribution in [-0.2, 0) is 11.8 Å². The Bertz CT molecular complexity index is 1560. The molecule has 1 heterocycles. The van der Waals surface area contributed by atoms with Gasteiger partial charge < -0.3 is 0 Å². The topological polar surface area (TPSA) is 12.9 Å². The predicted molar refractivity (Wildman–Crippen MR) is 129 cm³/mol. The Labute approximate surface area is 187 Å². The minimum absolute atomic E-state index is 0.273. The second-order valence-corrected chi connectivity index (χ2v) is 9.15. The summed E-state index contributed by atoms with van der Waals surface area (Å²) in [5, 5.41) is 0. The van der Waals surface area contributed by atoms with Crippen molar-refractivity contribution in [3.05, 3.63) is 137 Å². The van der Waals surface area contributed by atoms with E-state index >= 15 is 0 Å². The van der Waals surface area contributed by atoms with Crippen LogP contribution in [0.3, 0.4) is 0 Å². The van der Waals surface area contributed by atoms with Crippen LogP contribution < -0.4 is 0 Å². The Balaban J connectivity index is 1.54. The van der Waals surface area contributed by atoms with Crippen molar-refractivity contribution >= 4 is 0 Å². The van der Waals surface area contributed by atoms with Crippen molar-refractivity contribution in [2.75, 3.05) is 0 Å². The molecule has 32 heavy (non-hydrogen) atoms. The Morgan fingerprint density at radius 3 is 1.97 bits per heavy atom.